The predicted octanol–water partition coefficient (Wildman–Crippen LogP) is 6.20. The van der Waals surface area contributed by atoms with Crippen LogP contribution < -0.4 is 29.6 Å². The number of nitrogens with zero attached hydrogens (tertiary/aromatic N) is 2. The summed E-state index contributed by atoms with van der Waals surface area (Å²) in [4.78, 5) is 30.6. The molecule has 0 saturated heterocycles. The number of nitrogens with one attached hydrogen (secondary N) is 2. The summed E-state index contributed by atoms with van der Waals surface area (Å²) < 4.78 is 23.2. The summed E-state index contributed by atoms with van der Waals surface area (Å²) in [5.74, 6) is 2.83. The maximum absolute atomic E-state index is 13.8. The Labute approximate surface area is 280 Å². The Morgan fingerprint density at radius 1 is 0.938 bits per heavy atom. The number of anilines is 2. The van der Waals surface area contributed by atoms with Crippen molar-refractivity contribution in [2.45, 2.75) is 32.5 Å². The molecule has 11 nitrogen and oxygen atoms in total. The summed E-state index contributed by atoms with van der Waals surface area (Å²) in [6.07, 6.45) is -0.260. The van der Waals surface area contributed by atoms with Gasteiger partial charge in [-0.15, -0.1) is 0 Å². The third kappa shape index (κ3) is 7.81. The van der Waals surface area contributed by atoms with E-state index in [1.54, 1.807) is 41.3 Å². The van der Waals surface area contributed by atoms with Crippen LogP contribution >= 0.6 is 0 Å². The summed E-state index contributed by atoms with van der Waals surface area (Å²) in [5, 5.41) is 15.6. The second-order valence-electron chi connectivity index (χ2n) is 12.2. The van der Waals surface area contributed by atoms with Crippen molar-refractivity contribution in [2.24, 2.45) is 5.92 Å². The minimum Gasteiger partial charge on any atom is -0.488 e. The Balaban J connectivity index is 1.15. The van der Waals surface area contributed by atoms with Crippen LogP contribution in [0.15, 0.2) is 91.0 Å². The molecule has 4 aromatic carbocycles. The van der Waals surface area contributed by atoms with Gasteiger partial charge < -0.3 is 39.6 Å². The van der Waals surface area contributed by atoms with Crippen molar-refractivity contribution in [1.82, 2.24) is 9.80 Å². The van der Waals surface area contributed by atoms with E-state index >= 15 is 0 Å². The molecular formula is C37H40N4O7. The van der Waals surface area contributed by atoms with Gasteiger partial charge >= 0.3 is 6.03 Å². The van der Waals surface area contributed by atoms with E-state index in [4.69, 9.17) is 18.9 Å². The molecule has 2 aliphatic rings. The first-order valence-electron chi connectivity index (χ1n) is 16.0. The number of rotatable bonds is 10. The van der Waals surface area contributed by atoms with Gasteiger partial charge in [-0.2, -0.15) is 0 Å². The molecule has 11 heteroatoms. The molecular weight excluding hydrogens is 612 g/mol. The van der Waals surface area contributed by atoms with E-state index in [1.807, 2.05) is 68.6 Å². The first-order valence-corrected chi connectivity index (χ1v) is 16.0. The number of fused-ring (bicyclic) bond motifs is 2. The van der Waals surface area contributed by atoms with E-state index in [0.29, 0.717) is 53.8 Å². The zero-order valence-electron chi connectivity index (χ0n) is 27.2. The zero-order chi connectivity index (χ0) is 33.6. The topological polar surface area (TPSA) is 122 Å². The highest BCUT2D eigenvalue weighted by atomic mass is 16.7. The first kappa shape index (κ1) is 32.7. The molecule has 2 aliphatic heterocycles. The number of aliphatic hydroxyl groups is 1. The second kappa shape index (κ2) is 14.7. The van der Waals surface area contributed by atoms with E-state index in [-0.39, 0.29) is 31.3 Å². The number of carbonyl (C=O) groups excluding carboxylic acids is 2. The predicted molar refractivity (Wildman–Crippen MR) is 182 cm³/mol. The Bertz CT molecular complexity index is 1730. The zero-order valence-corrected chi connectivity index (χ0v) is 27.2. The Hall–Kier alpha value is -5.26. The lowest BCUT2D eigenvalue weighted by atomic mass is 9.99. The Morgan fingerprint density at radius 2 is 1.60 bits per heavy atom. The van der Waals surface area contributed by atoms with E-state index in [0.717, 1.165) is 17.1 Å². The Kier molecular flexibility index (Phi) is 9.98. The van der Waals surface area contributed by atoms with Gasteiger partial charge in [-0.05, 0) is 74.1 Å². The number of hydrogen-bond donors (Lipinski definition) is 3. The highest BCUT2D eigenvalue weighted by molar-refractivity contribution is 6.02. The maximum Gasteiger partial charge on any atom is 0.323 e. The van der Waals surface area contributed by atoms with E-state index in [9.17, 15) is 14.7 Å². The number of carbonyl (C=O) groups is 2. The first-order chi connectivity index (χ1) is 23.2. The number of amides is 3. The molecule has 0 radical (unpaired) electrons. The number of likely N-dealkylation sites (N-methyl/N-ethyl adjacent to an activating group) is 1. The fourth-order valence-corrected chi connectivity index (χ4v) is 5.76. The number of para-hydroxylation sites is 1. The minimum absolute atomic E-state index is 0.0366. The van der Waals surface area contributed by atoms with Gasteiger partial charge in [0.25, 0.3) is 5.91 Å². The van der Waals surface area contributed by atoms with Crippen LogP contribution in [0.2, 0.25) is 0 Å². The number of aliphatic hydroxyl groups excluding tert-OH is 1. The molecule has 0 aliphatic carbocycles. The minimum atomic E-state index is -0.485. The molecule has 0 saturated carbocycles. The van der Waals surface area contributed by atoms with Gasteiger partial charge in [0.05, 0.1) is 18.2 Å². The Morgan fingerprint density at radius 3 is 2.33 bits per heavy atom. The number of benzene rings is 4. The fraction of sp³-hybridized carbons (Fsp3) is 0.297. The molecule has 0 aromatic heterocycles. The van der Waals surface area contributed by atoms with Crippen molar-refractivity contribution in [1.29, 1.82) is 0 Å². The van der Waals surface area contributed by atoms with Gasteiger partial charge in [0, 0.05) is 43.0 Å². The van der Waals surface area contributed by atoms with Crippen LogP contribution in [0.3, 0.4) is 0 Å². The molecule has 6 rings (SSSR count). The number of urea groups is 1. The average molecular weight is 653 g/mol. The van der Waals surface area contributed by atoms with Crippen LogP contribution in [0.25, 0.3) is 0 Å². The average Bonchev–Trinajstić information content (AvgIpc) is 3.56. The second-order valence-corrected chi connectivity index (χ2v) is 12.2. The largest absolute Gasteiger partial charge is 0.488 e. The van der Waals surface area contributed by atoms with Crippen molar-refractivity contribution in [3.05, 3.63) is 102 Å². The van der Waals surface area contributed by atoms with Crippen LogP contribution in [0.4, 0.5) is 16.2 Å². The normalized spacial score (nSPS) is 17.5. The van der Waals surface area contributed by atoms with Gasteiger partial charge in [0.1, 0.15) is 23.4 Å². The van der Waals surface area contributed by atoms with Crippen molar-refractivity contribution < 1.29 is 33.6 Å². The molecule has 2 heterocycles. The molecule has 48 heavy (non-hydrogen) atoms. The number of ether oxygens (including phenoxy) is 4. The van der Waals surface area contributed by atoms with Crippen molar-refractivity contribution in [3.63, 3.8) is 0 Å². The summed E-state index contributed by atoms with van der Waals surface area (Å²) in [7, 11) is 2.04. The van der Waals surface area contributed by atoms with Crippen molar-refractivity contribution >= 4 is 23.3 Å². The van der Waals surface area contributed by atoms with Gasteiger partial charge in [-0.3, -0.25) is 9.69 Å². The highest BCUT2D eigenvalue weighted by Crippen LogP contribution is 2.35. The van der Waals surface area contributed by atoms with Crippen LogP contribution in [0.5, 0.6) is 28.7 Å². The lowest BCUT2D eigenvalue weighted by Crippen LogP contribution is -2.49. The van der Waals surface area contributed by atoms with Crippen LogP contribution in [-0.4, -0.2) is 72.5 Å². The highest BCUT2D eigenvalue weighted by Gasteiger charge is 2.33. The summed E-state index contributed by atoms with van der Waals surface area (Å²) in [6.45, 7) is 5.50. The monoisotopic (exact) mass is 652 g/mol. The van der Waals surface area contributed by atoms with E-state index < -0.39 is 12.1 Å². The molecule has 3 atom stereocenters. The molecule has 0 spiro atoms. The third-order valence-corrected chi connectivity index (χ3v) is 8.40. The molecule has 250 valence electrons. The van der Waals surface area contributed by atoms with Crippen LogP contribution in [-0.2, 0) is 6.54 Å². The maximum atomic E-state index is 13.8. The summed E-state index contributed by atoms with van der Waals surface area (Å²) in [6, 6.07) is 26.9. The lowest BCUT2D eigenvalue weighted by molar-refractivity contribution is 0.0341. The lowest BCUT2D eigenvalue weighted by Gasteiger charge is -2.38. The molecule has 3 amide bonds. The molecule has 0 bridgehead atoms. The van der Waals surface area contributed by atoms with Gasteiger partial charge in [-0.1, -0.05) is 37.3 Å². The van der Waals surface area contributed by atoms with Gasteiger partial charge in [0.2, 0.25) is 6.79 Å². The van der Waals surface area contributed by atoms with E-state index in [1.165, 1.54) is 0 Å². The smallest absolute Gasteiger partial charge is 0.323 e. The molecule has 0 unspecified atom stereocenters. The molecule has 0 fully saturated rings. The summed E-state index contributed by atoms with van der Waals surface area (Å²) in [5.41, 5.74) is 2.38. The quantitative estimate of drug-likeness (QED) is 0.185. The standard InChI is InChI=1S/C37H40N4O7/c1-24-19-41(25(2)22-42)36(43)31-17-27(38-37(44)39-28-12-16-33-34(18-28)46-23-45-33)11-15-32(31)48-35(24)21-40(3)20-26-9-13-30(14-10-26)47-29-7-5-4-6-8-29/h4-18,24-25,35,42H,19-23H2,1-3H3,(H2,38,39,44)/t24-,25-,35+/m0/s1. The fourth-order valence-electron chi connectivity index (χ4n) is 5.76. The summed E-state index contributed by atoms with van der Waals surface area (Å²) >= 11 is 0. The van der Waals surface area contributed by atoms with Crippen LogP contribution in [0, 0.1) is 5.92 Å². The van der Waals surface area contributed by atoms with Crippen molar-refractivity contribution in [2.75, 3.05) is 44.2 Å². The molecule has 4 aromatic rings. The van der Waals surface area contributed by atoms with E-state index in [2.05, 4.69) is 22.5 Å². The SMILES string of the molecule is C[C@H]1CN([C@@H](C)CO)C(=O)c2cc(NC(=O)Nc3ccc4c(c3)OCO4)ccc2O[C@@H]1CN(C)Cc1ccc(Oc2ccccc2)cc1. The van der Waals surface area contributed by atoms with Gasteiger partial charge in [-0.25, -0.2) is 4.79 Å². The van der Waals surface area contributed by atoms with Crippen molar-refractivity contribution in [3.8, 4) is 28.7 Å². The number of hydrogen-bond acceptors (Lipinski definition) is 8. The van der Waals surface area contributed by atoms with Gasteiger partial charge in [0.15, 0.2) is 11.5 Å². The van der Waals surface area contributed by atoms with Crippen LogP contribution in [0.1, 0.15) is 29.8 Å². The molecule has 3 N–H and O–H groups in total. The third-order valence-electron chi connectivity index (χ3n) is 8.40.